The first-order valence-electron chi connectivity index (χ1n) is 10.2. The lowest BCUT2D eigenvalue weighted by Crippen LogP contribution is -2.57. The van der Waals surface area contributed by atoms with E-state index in [2.05, 4.69) is 15.0 Å². The summed E-state index contributed by atoms with van der Waals surface area (Å²) in [6.07, 6.45) is -1.85. The van der Waals surface area contributed by atoms with Gasteiger partial charge in [-0.3, -0.25) is 9.59 Å². The molecule has 0 bridgehead atoms. The van der Waals surface area contributed by atoms with Crippen LogP contribution in [0.3, 0.4) is 0 Å². The van der Waals surface area contributed by atoms with Gasteiger partial charge in [-0.05, 0) is 68.7 Å². The highest BCUT2D eigenvalue weighted by Gasteiger charge is 2.38. The molecule has 1 saturated heterocycles. The van der Waals surface area contributed by atoms with E-state index in [4.69, 9.17) is 0 Å². The molecule has 164 valence electrons. The molecule has 2 amide bonds. The summed E-state index contributed by atoms with van der Waals surface area (Å²) >= 11 is 0. The lowest BCUT2D eigenvalue weighted by Gasteiger charge is -2.47. The van der Waals surface area contributed by atoms with Gasteiger partial charge in [-0.15, -0.1) is 13.2 Å². The van der Waals surface area contributed by atoms with Crippen LogP contribution in [0.2, 0.25) is 0 Å². The summed E-state index contributed by atoms with van der Waals surface area (Å²) < 4.78 is 40.7. The summed E-state index contributed by atoms with van der Waals surface area (Å²) in [5.74, 6) is -0.799. The van der Waals surface area contributed by atoms with Gasteiger partial charge in [0.2, 0.25) is 0 Å². The largest absolute Gasteiger partial charge is 0.573 e. The Kier molecular flexibility index (Phi) is 5.51. The van der Waals surface area contributed by atoms with Gasteiger partial charge in [0.05, 0.1) is 11.3 Å². The van der Waals surface area contributed by atoms with Crippen molar-refractivity contribution in [1.29, 1.82) is 0 Å². The van der Waals surface area contributed by atoms with E-state index in [0.29, 0.717) is 23.4 Å². The topological polar surface area (TPSA) is 61.9 Å². The summed E-state index contributed by atoms with van der Waals surface area (Å²) in [4.78, 5) is 29.7. The van der Waals surface area contributed by atoms with Crippen molar-refractivity contribution in [1.82, 2.24) is 4.90 Å². The first-order chi connectivity index (χ1) is 14.8. The van der Waals surface area contributed by atoms with Crippen molar-refractivity contribution in [3.8, 4) is 5.75 Å². The second kappa shape index (κ2) is 8.13. The average molecular weight is 433 g/mol. The van der Waals surface area contributed by atoms with Gasteiger partial charge >= 0.3 is 6.36 Å². The molecule has 1 atom stereocenters. The van der Waals surface area contributed by atoms with Crippen molar-refractivity contribution in [3.63, 3.8) is 0 Å². The molecule has 31 heavy (non-hydrogen) atoms. The molecular weight excluding hydrogens is 411 g/mol. The van der Waals surface area contributed by atoms with Crippen molar-refractivity contribution < 1.29 is 27.5 Å². The molecular formula is C22H22F3N3O3. The Bertz CT molecular complexity index is 992. The first kappa shape index (κ1) is 21.0. The summed E-state index contributed by atoms with van der Waals surface area (Å²) in [7, 11) is 0. The van der Waals surface area contributed by atoms with Crippen LogP contribution in [0, 0.1) is 0 Å². The van der Waals surface area contributed by atoms with Gasteiger partial charge in [0.25, 0.3) is 11.8 Å². The Labute approximate surface area is 177 Å². The number of hydrogen-bond acceptors (Lipinski definition) is 4. The van der Waals surface area contributed by atoms with E-state index in [9.17, 15) is 22.8 Å². The zero-order chi connectivity index (χ0) is 22.2. The molecule has 0 aliphatic carbocycles. The average Bonchev–Trinajstić information content (AvgIpc) is 2.74. The van der Waals surface area contributed by atoms with Crippen LogP contribution in [0.15, 0.2) is 42.5 Å². The van der Waals surface area contributed by atoms with Crippen molar-refractivity contribution in [2.75, 3.05) is 23.3 Å². The van der Waals surface area contributed by atoms with Crippen molar-refractivity contribution in [2.24, 2.45) is 0 Å². The molecule has 4 rings (SSSR count). The van der Waals surface area contributed by atoms with Gasteiger partial charge in [0.15, 0.2) is 0 Å². The minimum atomic E-state index is -4.77. The number of hydrogen-bond donors (Lipinski definition) is 1. The highest BCUT2D eigenvalue weighted by Crippen LogP contribution is 2.36. The second-order valence-corrected chi connectivity index (χ2v) is 7.52. The van der Waals surface area contributed by atoms with E-state index in [0.717, 1.165) is 43.6 Å². The third kappa shape index (κ3) is 4.30. The number of halogens is 3. The van der Waals surface area contributed by atoms with Crippen LogP contribution in [0.25, 0.3) is 0 Å². The van der Waals surface area contributed by atoms with E-state index < -0.39 is 12.3 Å². The van der Waals surface area contributed by atoms with E-state index in [-0.39, 0.29) is 17.8 Å². The van der Waals surface area contributed by atoms with Crippen molar-refractivity contribution in [2.45, 2.75) is 38.7 Å². The zero-order valence-corrected chi connectivity index (χ0v) is 16.9. The second-order valence-electron chi connectivity index (χ2n) is 7.52. The van der Waals surface area contributed by atoms with E-state index in [1.54, 1.807) is 18.2 Å². The van der Waals surface area contributed by atoms with Crippen LogP contribution in [0.4, 0.5) is 24.5 Å². The maximum absolute atomic E-state index is 12.9. The smallest absolute Gasteiger partial charge is 0.406 e. The molecule has 6 nitrogen and oxygen atoms in total. The van der Waals surface area contributed by atoms with Crippen molar-refractivity contribution in [3.05, 3.63) is 53.6 Å². The number of anilines is 2. The third-order valence-corrected chi connectivity index (χ3v) is 5.58. The number of fused-ring (bicyclic) bond motifs is 2. The SMILES string of the molecule is CCN1c2cc(C(=O)Nc3ccc(OC(F)(F)F)cc3)ccc2C(=O)N2CCCC[C@H]21. The van der Waals surface area contributed by atoms with Gasteiger partial charge in [-0.2, -0.15) is 0 Å². The van der Waals surface area contributed by atoms with Crippen molar-refractivity contribution >= 4 is 23.2 Å². The predicted octanol–water partition coefficient (Wildman–Crippen LogP) is 4.63. The Morgan fingerprint density at radius 3 is 2.58 bits per heavy atom. The summed E-state index contributed by atoms with van der Waals surface area (Å²) in [6.45, 7) is 3.45. The van der Waals surface area contributed by atoms with E-state index >= 15 is 0 Å². The molecule has 2 aliphatic rings. The fourth-order valence-electron chi connectivity index (χ4n) is 4.21. The maximum Gasteiger partial charge on any atom is 0.573 e. The van der Waals surface area contributed by atoms with E-state index in [1.807, 2.05) is 11.8 Å². The normalized spacial score (nSPS) is 18.3. The summed E-state index contributed by atoms with van der Waals surface area (Å²) in [6, 6.07) is 9.89. The number of carbonyl (C=O) groups excluding carboxylic acids is 2. The minimum Gasteiger partial charge on any atom is -0.406 e. The third-order valence-electron chi connectivity index (χ3n) is 5.58. The van der Waals surface area contributed by atoms with Gasteiger partial charge in [-0.1, -0.05) is 0 Å². The summed E-state index contributed by atoms with van der Waals surface area (Å²) in [5.41, 5.74) is 2.01. The lowest BCUT2D eigenvalue weighted by atomic mass is 9.97. The maximum atomic E-state index is 12.9. The van der Waals surface area contributed by atoms with Gasteiger partial charge in [0, 0.05) is 24.3 Å². The van der Waals surface area contributed by atoms with Crippen LogP contribution in [-0.2, 0) is 0 Å². The number of piperidine rings is 1. The fraction of sp³-hybridized carbons (Fsp3) is 0.364. The molecule has 0 saturated carbocycles. The van der Waals surface area contributed by atoms with Gasteiger partial charge in [-0.25, -0.2) is 0 Å². The number of carbonyl (C=O) groups is 2. The van der Waals surface area contributed by atoms with Crippen LogP contribution >= 0.6 is 0 Å². The molecule has 9 heteroatoms. The number of rotatable bonds is 4. The molecule has 0 aromatic heterocycles. The number of alkyl halides is 3. The molecule has 0 spiro atoms. The highest BCUT2D eigenvalue weighted by atomic mass is 19.4. The lowest BCUT2D eigenvalue weighted by molar-refractivity contribution is -0.274. The molecule has 1 N–H and O–H groups in total. The minimum absolute atomic E-state index is 0.00163. The quantitative estimate of drug-likeness (QED) is 0.764. The van der Waals surface area contributed by atoms with E-state index in [1.165, 1.54) is 12.1 Å². The molecule has 2 aromatic rings. The number of amides is 2. The number of nitrogens with one attached hydrogen (secondary N) is 1. The molecule has 1 fully saturated rings. The molecule has 0 radical (unpaired) electrons. The molecule has 2 aliphatic heterocycles. The zero-order valence-electron chi connectivity index (χ0n) is 16.9. The fourth-order valence-corrected chi connectivity index (χ4v) is 4.21. The molecule has 2 heterocycles. The first-order valence-corrected chi connectivity index (χ1v) is 10.2. The van der Waals surface area contributed by atoms with Crippen LogP contribution < -0.4 is 15.0 Å². The standard InChI is InChI=1S/C22H22F3N3O3/c1-2-27-18-13-14(6-11-17(18)21(30)28-12-4-3-5-19(27)28)20(29)26-15-7-9-16(10-8-15)31-22(23,24)25/h6-11,13,19H,2-5,12H2,1H3,(H,26,29)/t19-/m0/s1. The van der Waals surface area contributed by atoms with Crippen LogP contribution in [0.5, 0.6) is 5.75 Å². The predicted molar refractivity (Wildman–Crippen MR) is 109 cm³/mol. The Balaban J connectivity index is 1.54. The number of nitrogens with zero attached hydrogens (tertiary/aromatic N) is 2. The van der Waals surface area contributed by atoms with Crippen LogP contribution in [-0.4, -0.2) is 42.3 Å². The number of ether oxygens (including phenoxy) is 1. The molecule has 2 aromatic carbocycles. The van der Waals surface area contributed by atoms with Gasteiger partial charge < -0.3 is 19.9 Å². The monoisotopic (exact) mass is 433 g/mol. The Hall–Kier alpha value is -3.23. The Morgan fingerprint density at radius 2 is 1.90 bits per heavy atom. The van der Waals surface area contributed by atoms with Gasteiger partial charge in [0.1, 0.15) is 11.9 Å². The highest BCUT2D eigenvalue weighted by molar-refractivity contribution is 6.08. The Morgan fingerprint density at radius 1 is 1.16 bits per heavy atom. The number of benzene rings is 2. The molecule has 0 unspecified atom stereocenters. The van der Waals surface area contributed by atoms with Crippen LogP contribution in [0.1, 0.15) is 46.9 Å². The summed E-state index contributed by atoms with van der Waals surface area (Å²) in [5, 5.41) is 2.67.